The minimum Gasteiger partial charge on any atom is -0.396 e. The summed E-state index contributed by atoms with van der Waals surface area (Å²) in [5.74, 6) is 0. The molecule has 136 valence electrons. The van der Waals surface area contributed by atoms with E-state index in [2.05, 4.69) is 4.98 Å². The molecule has 1 aliphatic heterocycles. The van der Waals surface area contributed by atoms with E-state index < -0.39 is 31.4 Å². The molecule has 0 bridgehead atoms. The van der Waals surface area contributed by atoms with Crippen LogP contribution in [0, 0.1) is 0 Å². The fourth-order valence-corrected chi connectivity index (χ4v) is 3.07. The second kappa shape index (κ2) is 8.70. The van der Waals surface area contributed by atoms with E-state index in [9.17, 15) is 19.0 Å². The number of H-pyrrole nitrogens is 1. The van der Waals surface area contributed by atoms with Gasteiger partial charge in [-0.3, -0.25) is 23.4 Å². The van der Waals surface area contributed by atoms with Gasteiger partial charge in [0.2, 0.25) is 0 Å². The van der Waals surface area contributed by atoms with Crippen molar-refractivity contribution in [1.29, 1.82) is 0 Å². The van der Waals surface area contributed by atoms with E-state index in [1.165, 1.54) is 16.8 Å². The van der Waals surface area contributed by atoms with Gasteiger partial charge >= 0.3 is 13.5 Å². The molecule has 0 aromatic carbocycles. The van der Waals surface area contributed by atoms with Crippen LogP contribution in [0.1, 0.15) is 31.9 Å². The van der Waals surface area contributed by atoms with Crippen molar-refractivity contribution in [3.63, 3.8) is 0 Å². The van der Waals surface area contributed by atoms with Crippen molar-refractivity contribution in [2.45, 2.75) is 38.0 Å². The number of aromatic nitrogens is 2. The lowest BCUT2D eigenvalue weighted by Crippen LogP contribution is -2.31. The average molecular weight is 364 g/mol. The summed E-state index contributed by atoms with van der Waals surface area (Å²) in [6.07, 6.45) is 2.27. The molecular formula is C13H21N2O8P. The van der Waals surface area contributed by atoms with Crippen LogP contribution in [0.5, 0.6) is 0 Å². The highest BCUT2D eigenvalue weighted by molar-refractivity contribution is 7.47. The summed E-state index contributed by atoms with van der Waals surface area (Å²) in [6.45, 7) is -0.154. The SMILES string of the molecule is O=c1ccn([C@H]2CC[C@H](COP(=O)(O)OCCCCO)O2)c(=O)[nH]1. The maximum absolute atomic E-state index is 11.7. The van der Waals surface area contributed by atoms with Crippen molar-refractivity contribution in [2.24, 2.45) is 0 Å². The van der Waals surface area contributed by atoms with Crippen LogP contribution in [0.3, 0.4) is 0 Å². The van der Waals surface area contributed by atoms with Gasteiger partial charge in [0, 0.05) is 18.9 Å². The summed E-state index contributed by atoms with van der Waals surface area (Å²) in [5.41, 5.74) is -1.07. The maximum atomic E-state index is 11.7. The van der Waals surface area contributed by atoms with Crippen molar-refractivity contribution in [3.8, 4) is 0 Å². The number of aliphatic hydroxyl groups is 1. The predicted molar refractivity (Wildman–Crippen MR) is 82.5 cm³/mol. The molecule has 1 aromatic heterocycles. The number of hydrogen-bond donors (Lipinski definition) is 3. The lowest BCUT2D eigenvalue weighted by Gasteiger charge is -2.17. The Kier molecular flexibility index (Phi) is 6.90. The van der Waals surface area contributed by atoms with Gasteiger partial charge in [0.1, 0.15) is 6.23 Å². The molecule has 1 aliphatic rings. The summed E-state index contributed by atoms with van der Waals surface area (Å²) in [6, 6.07) is 1.22. The second-order valence-electron chi connectivity index (χ2n) is 5.34. The number of aliphatic hydroxyl groups excluding tert-OH is 1. The Labute approximate surface area is 137 Å². The number of rotatable bonds is 9. The Hall–Kier alpha value is -1.29. The van der Waals surface area contributed by atoms with Crippen LogP contribution >= 0.6 is 7.82 Å². The number of aromatic amines is 1. The molecule has 1 unspecified atom stereocenters. The summed E-state index contributed by atoms with van der Waals surface area (Å²) in [5, 5.41) is 8.62. The minimum atomic E-state index is -4.17. The molecule has 1 fully saturated rings. The van der Waals surface area contributed by atoms with Gasteiger partial charge in [-0.05, 0) is 25.7 Å². The van der Waals surface area contributed by atoms with Gasteiger partial charge in [0.25, 0.3) is 5.56 Å². The van der Waals surface area contributed by atoms with E-state index in [1.54, 1.807) is 0 Å². The van der Waals surface area contributed by atoms with Crippen LogP contribution in [-0.2, 0) is 18.3 Å². The van der Waals surface area contributed by atoms with Crippen LogP contribution in [0.25, 0.3) is 0 Å². The molecule has 1 saturated heterocycles. The monoisotopic (exact) mass is 364 g/mol. The first-order valence-electron chi connectivity index (χ1n) is 7.61. The van der Waals surface area contributed by atoms with E-state index in [-0.39, 0.29) is 19.8 Å². The van der Waals surface area contributed by atoms with Gasteiger partial charge in [-0.25, -0.2) is 9.36 Å². The first-order chi connectivity index (χ1) is 11.4. The van der Waals surface area contributed by atoms with Gasteiger partial charge in [-0.2, -0.15) is 0 Å². The Morgan fingerprint density at radius 3 is 2.83 bits per heavy atom. The lowest BCUT2D eigenvalue weighted by molar-refractivity contribution is -0.0260. The molecule has 10 nitrogen and oxygen atoms in total. The van der Waals surface area contributed by atoms with E-state index in [0.717, 1.165) is 0 Å². The second-order valence-corrected chi connectivity index (χ2v) is 6.79. The number of phosphoric acid groups is 1. The summed E-state index contributed by atoms with van der Waals surface area (Å²) in [4.78, 5) is 34.4. The molecule has 0 radical (unpaired) electrons. The first kappa shape index (κ1) is 19.0. The van der Waals surface area contributed by atoms with E-state index >= 15 is 0 Å². The van der Waals surface area contributed by atoms with E-state index in [4.69, 9.17) is 18.9 Å². The molecule has 24 heavy (non-hydrogen) atoms. The maximum Gasteiger partial charge on any atom is 0.472 e. The fraction of sp³-hybridized carbons (Fsp3) is 0.692. The molecule has 2 heterocycles. The predicted octanol–water partition coefficient (Wildman–Crippen LogP) is 0.120. The summed E-state index contributed by atoms with van der Waals surface area (Å²) >= 11 is 0. The number of unbranched alkanes of at least 4 members (excludes halogenated alkanes) is 1. The van der Waals surface area contributed by atoms with Crippen molar-refractivity contribution < 1.29 is 28.3 Å². The molecule has 1 aromatic rings. The van der Waals surface area contributed by atoms with Crippen molar-refractivity contribution in [3.05, 3.63) is 33.1 Å². The fourth-order valence-electron chi connectivity index (χ4n) is 2.28. The van der Waals surface area contributed by atoms with E-state index in [0.29, 0.717) is 25.7 Å². The van der Waals surface area contributed by atoms with Crippen molar-refractivity contribution in [1.82, 2.24) is 9.55 Å². The highest BCUT2D eigenvalue weighted by Gasteiger charge is 2.30. The third kappa shape index (κ3) is 5.66. The number of phosphoric ester groups is 1. The molecule has 0 aliphatic carbocycles. The largest absolute Gasteiger partial charge is 0.472 e. The zero-order chi connectivity index (χ0) is 17.6. The van der Waals surface area contributed by atoms with Crippen LogP contribution in [-0.4, -0.2) is 45.5 Å². The summed E-state index contributed by atoms with van der Waals surface area (Å²) < 4.78 is 28.2. The van der Waals surface area contributed by atoms with Gasteiger partial charge in [-0.1, -0.05) is 0 Å². The third-order valence-corrected chi connectivity index (χ3v) is 4.46. The van der Waals surface area contributed by atoms with Crippen molar-refractivity contribution in [2.75, 3.05) is 19.8 Å². The van der Waals surface area contributed by atoms with Crippen LogP contribution < -0.4 is 11.2 Å². The zero-order valence-electron chi connectivity index (χ0n) is 13.0. The summed E-state index contributed by atoms with van der Waals surface area (Å²) in [7, 11) is -4.17. The van der Waals surface area contributed by atoms with Crippen molar-refractivity contribution >= 4 is 7.82 Å². The zero-order valence-corrected chi connectivity index (χ0v) is 13.9. The highest BCUT2D eigenvalue weighted by atomic mass is 31.2. The van der Waals surface area contributed by atoms with Crippen LogP contribution in [0.2, 0.25) is 0 Å². The number of nitrogens with zero attached hydrogens (tertiary/aromatic N) is 1. The minimum absolute atomic E-state index is 0.00919. The molecule has 2 rings (SSSR count). The van der Waals surface area contributed by atoms with Gasteiger partial charge in [0.05, 0.1) is 19.3 Å². The van der Waals surface area contributed by atoms with Crippen LogP contribution in [0.15, 0.2) is 21.9 Å². The first-order valence-corrected chi connectivity index (χ1v) is 9.10. The molecular weight excluding hydrogens is 343 g/mol. The standard InChI is InChI=1S/C13H21N2O8P/c16-7-1-2-8-21-24(19,20)22-9-10-3-4-12(23-10)15-6-5-11(17)14-13(15)18/h5-6,10,12,16H,1-4,7-9H2,(H,19,20)(H,14,17,18)/t10-,12-/m1/s1. The van der Waals surface area contributed by atoms with Gasteiger partial charge in [0.15, 0.2) is 0 Å². The molecule has 0 amide bonds. The highest BCUT2D eigenvalue weighted by Crippen LogP contribution is 2.44. The normalized spacial score (nSPS) is 23.2. The molecule has 3 N–H and O–H groups in total. The number of ether oxygens (including phenoxy) is 1. The molecule has 0 spiro atoms. The van der Waals surface area contributed by atoms with Gasteiger partial charge in [-0.15, -0.1) is 0 Å². The number of nitrogens with one attached hydrogen (secondary N) is 1. The molecule has 0 saturated carbocycles. The smallest absolute Gasteiger partial charge is 0.396 e. The van der Waals surface area contributed by atoms with Gasteiger partial charge < -0.3 is 14.7 Å². The van der Waals surface area contributed by atoms with E-state index in [1.807, 2.05) is 0 Å². The topological polar surface area (TPSA) is 140 Å². The Morgan fingerprint density at radius 1 is 1.33 bits per heavy atom. The quantitative estimate of drug-likeness (QED) is 0.415. The molecule has 11 heteroatoms. The molecule has 3 atom stereocenters. The number of hydrogen-bond acceptors (Lipinski definition) is 7. The average Bonchev–Trinajstić information content (AvgIpc) is 2.98. The Bertz CT molecular complexity index is 687. The Morgan fingerprint density at radius 2 is 2.12 bits per heavy atom. The van der Waals surface area contributed by atoms with Crippen LogP contribution in [0.4, 0.5) is 0 Å². The third-order valence-electron chi connectivity index (χ3n) is 3.48. The lowest BCUT2D eigenvalue weighted by atomic mass is 10.2. The Balaban J connectivity index is 1.80.